The molecule has 0 saturated heterocycles. The topological polar surface area (TPSA) is 120 Å². The van der Waals surface area contributed by atoms with Gasteiger partial charge in [0.25, 0.3) is 5.69 Å². The first-order valence-electron chi connectivity index (χ1n) is 8.61. The fourth-order valence-corrected chi connectivity index (χ4v) is 2.75. The third-order valence-electron chi connectivity index (χ3n) is 3.96. The highest BCUT2D eigenvalue weighted by Gasteiger charge is 2.19. The second-order valence-corrected chi connectivity index (χ2v) is 6.99. The van der Waals surface area contributed by atoms with Crippen LogP contribution in [0.2, 0.25) is 0 Å². The third-order valence-corrected chi connectivity index (χ3v) is 4.49. The van der Waals surface area contributed by atoms with Gasteiger partial charge in [-0.3, -0.25) is 25.7 Å². The van der Waals surface area contributed by atoms with Crippen LogP contribution in [0.15, 0.2) is 76.3 Å². The third kappa shape index (κ3) is 5.61. The molecule has 152 valence electrons. The number of nitro groups is 2. The molecule has 0 heterocycles. The Morgan fingerprint density at radius 2 is 1.77 bits per heavy atom. The van der Waals surface area contributed by atoms with E-state index >= 15 is 0 Å². The van der Waals surface area contributed by atoms with Crippen molar-refractivity contribution in [2.24, 2.45) is 5.10 Å². The predicted molar refractivity (Wildman–Crippen MR) is 116 cm³/mol. The first kappa shape index (κ1) is 20.9. The molecule has 0 saturated carbocycles. The molecule has 0 unspecified atom stereocenters. The van der Waals surface area contributed by atoms with Gasteiger partial charge in [-0.05, 0) is 41.5 Å². The van der Waals surface area contributed by atoms with Crippen LogP contribution in [0.1, 0.15) is 11.1 Å². The number of rotatable bonds is 8. The average Bonchev–Trinajstić information content (AvgIpc) is 2.73. The summed E-state index contributed by atoms with van der Waals surface area (Å²) in [5.41, 5.74) is 3.52. The lowest BCUT2D eigenvalue weighted by Crippen LogP contribution is -1.99. The molecule has 1 N–H and O–H groups in total. The zero-order valence-electron chi connectivity index (χ0n) is 15.4. The van der Waals surface area contributed by atoms with Crippen LogP contribution in [0.5, 0.6) is 5.75 Å². The van der Waals surface area contributed by atoms with Crippen LogP contribution in [0.3, 0.4) is 0 Å². The molecular formula is C20H15BrN4O5. The molecule has 0 amide bonds. The van der Waals surface area contributed by atoms with Gasteiger partial charge in [-0.1, -0.05) is 40.2 Å². The van der Waals surface area contributed by atoms with E-state index in [1.165, 1.54) is 18.3 Å². The Balaban J connectivity index is 1.66. The van der Waals surface area contributed by atoms with E-state index in [-0.39, 0.29) is 11.4 Å². The Morgan fingerprint density at radius 3 is 2.47 bits per heavy atom. The van der Waals surface area contributed by atoms with Gasteiger partial charge in [-0.15, -0.1) is 0 Å². The first-order chi connectivity index (χ1) is 14.4. The molecule has 0 atom stereocenters. The van der Waals surface area contributed by atoms with Crippen molar-refractivity contribution in [3.63, 3.8) is 0 Å². The standard InChI is InChI=1S/C20H15BrN4O5/c21-16-6-4-14(5-7-16)13-30-18-3-1-2-15(10-18)12-22-23-19-9-8-17(24(26)27)11-20(19)25(28)29/h1-12,23H,13H2/b22-12+. The Kier molecular flexibility index (Phi) is 6.71. The summed E-state index contributed by atoms with van der Waals surface area (Å²) < 4.78 is 6.76. The molecule has 0 aromatic heterocycles. The predicted octanol–water partition coefficient (Wildman–Crippen LogP) is 5.29. The van der Waals surface area contributed by atoms with E-state index in [9.17, 15) is 20.2 Å². The quantitative estimate of drug-likeness (QED) is 0.271. The lowest BCUT2D eigenvalue weighted by Gasteiger charge is -2.07. The molecule has 0 spiro atoms. The number of halogens is 1. The van der Waals surface area contributed by atoms with E-state index in [1.807, 2.05) is 30.3 Å². The van der Waals surface area contributed by atoms with E-state index in [1.54, 1.807) is 18.2 Å². The van der Waals surface area contributed by atoms with Crippen molar-refractivity contribution in [3.8, 4) is 5.75 Å². The molecule has 9 nitrogen and oxygen atoms in total. The number of nitro benzene ring substituents is 2. The van der Waals surface area contributed by atoms with Crippen LogP contribution >= 0.6 is 15.9 Å². The maximum absolute atomic E-state index is 11.2. The summed E-state index contributed by atoms with van der Waals surface area (Å²) in [5, 5.41) is 25.9. The van der Waals surface area contributed by atoms with Gasteiger partial charge >= 0.3 is 5.69 Å². The molecule has 30 heavy (non-hydrogen) atoms. The van der Waals surface area contributed by atoms with E-state index in [0.717, 1.165) is 16.1 Å². The Bertz CT molecular complexity index is 1100. The van der Waals surface area contributed by atoms with Gasteiger partial charge in [0.15, 0.2) is 0 Å². The number of benzene rings is 3. The van der Waals surface area contributed by atoms with Crippen molar-refractivity contribution in [3.05, 3.63) is 103 Å². The number of nitrogens with one attached hydrogen (secondary N) is 1. The van der Waals surface area contributed by atoms with Crippen LogP contribution in [-0.2, 0) is 6.61 Å². The average molecular weight is 471 g/mol. The Hall–Kier alpha value is -3.79. The van der Waals surface area contributed by atoms with Crippen molar-refractivity contribution >= 4 is 39.2 Å². The van der Waals surface area contributed by atoms with Crippen molar-refractivity contribution in [1.82, 2.24) is 0 Å². The highest BCUT2D eigenvalue weighted by Crippen LogP contribution is 2.28. The molecule has 10 heteroatoms. The summed E-state index contributed by atoms with van der Waals surface area (Å²) in [5.74, 6) is 0.642. The van der Waals surface area contributed by atoms with Gasteiger partial charge in [0.1, 0.15) is 18.0 Å². The normalized spacial score (nSPS) is 10.7. The van der Waals surface area contributed by atoms with Crippen molar-refractivity contribution in [1.29, 1.82) is 0 Å². The van der Waals surface area contributed by atoms with E-state index in [2.05, 4.69) is 26.5 Å². The van der Waals surface area contributed by atoms with E-state index in [4.69, 9.17) is 4.74 Å². The molecule has 0 aliphatic heterocycles. The fourth-order valence-electron chi connectivity index (χ4n) is 2.49. The number of hydrogen-bond acceptors (Lipinski definition) is 7. The Labute approximate surface area is 179 Å². The molecule has 0 bridgehead atoms. The minimum Gasteiger partial charge on any atom is -0.489 e. The number of anilines is 1. The summed E-state index contributed by atoms with van der Waals surface area (Å²) in [6.07, 6.45) is 1.47. The van der Waals surface area contributed by atoms with Crippen molar-refractivity contribution in [2.45, 2.75) is 6.61 Å². The largest absolute Gasteiger partial charge is 0.489 e. The van der Waals surface area contributed by atoms with Gasteiger partial charge in [0.05, 0.1) is 22.1 Å². The summed E-state index contributed by atoms with van der Waals surface area (Å²) in [7, 11) is 0. The van der Waals surface area contributed by atoms with Crippen LogP contribution in [0.4, 0.5) is 17.1 Å². The number of hydrogen-bond donors (Lipinski definition) is 1. The number of nitrogens with zero attached hydrogens (tertiary/aromatic N) is 3. The smallest absolute Gasteiger partial charge is 0.301 e. The van der Waals surface area contributed by atoms with Gasteiger partial charge in [-0.2, -0.15) is 5.10 Å². The van der Waals surface area contributed by atoms with E-state index < -0.39 is 15.5 Å². The summed E-state index contributed by atoms with van der Waals surface area (Å²) in [6.45, 7) is 0.404. The molecule has 3 aromatic carbocycles. The highest BCUT2D eigenvalue weighted by molar-refractivity contribution is 9.10. The summed E-state index contributed by atoms with van der Waals surface area (Å²) in [6, 6.07) is 18.2. The van der Waals surface area contributed by atoms with Crippen molar-refractivity contribution in [2.75, 3.05) is 5.43 Å². The van der Waals surface area contributed by atoms with Crippen LogP contribution in [-0.4, -0.2) is 16.1 Å². The second-order valence-electron chi connectivity index (χ2n) is 6.07. The molecule has 3 aromatic rings. The minimum atomic E-state index is -0.707. The zero-order valence-corrected chi connectivity index (χ0v) is 17.0. The SMILES string of the molecule is O=[N+]([O-])c1ccc(N/N=C/c2cccc(OCc3ccc(Br)cc3)c2)c([N+](=O)[O-])c1. The highest BCUT2D eigenvalue weighted by atomic mass is 79.9. The molecule has 0 aliphatic rings. The maximum Gasteiger partial charge on any atom is 0.301 e. The van der Waals surface area contributed by atoms with Crippen LogP contribution in [0, 0.1) is 20.2 Å². The maximum atomic E-state index is 11.2. The van der Waals surface area contributed by atoms with Gasteiger partial charge < -0.3 is 4.74 Å². The summed E-state index contributed by atoms with van der Waals surface area (Å²) >= 11 is 3.39. The summed E-state index contributed by atoms with van der Waals surface area (Å²) in [4.78, 5) is 20.5. The number of non-ortho nitro benzene ring substituents is 1. The number of ether oxygens (including phenoxy) is 1. The fraction of sp³-hybridized carbons (Fsp3) is 0.0500. The molecule has 0 fully saturated rings. The van der Waals surface area contributed by atoms with Crippen molar-refractivity contribution < 1.29 is 14.6 Å². The van der Waals surface area contributed by atoms with Crippen LogP contribution < -0.4 is 10.2 Å². The minimum absolute atomic E-state index is 0.0458. The van der Waals surface area contributed by atoms with Gasteiger partial charge in [0.2, 0.25) is 0 Å². The molecule has 0 radical (unpaired) electrons. The van der Waals surface area contributed by atoms with Crippen LogP contribution in [0.25, 0.3) is 0 Å². The lowest BCUT2D eigenvalue weighted by atomic mass is 10.2. The molecule has 3 rings (SSSR count). The molecule has 0 aliphatic carbocycles. The Morgan fingerprint density at radius 1 is 1.00 bits per heavy atom. The lowest BCUT2D eigenvalue weighted by molar-refractivity contribution is -0.393. The molecular weight excluding hydrogens is 456 g/mol. The van der Waals surface area contributed by atoms with E-state index in [0.29, 0.717) is 17.9 Å². The first-order valence-corrected chi connectivity index (χ1v) is 9.41. The monoisotopic (exact) mass is 470 g/mol. The van der Waals surface area contributed by atoms with Gasteiger partial charge in [0, 0.05) is 10.5 Å². The zero-order chi connectivity index (χ0) is 21.5. The number of hydrazone groups is 1. The second kappa shape index (κ2) is 9.61. The van der Waals surface area contributed by atoms with Gasteiger partial charge in [-0.25, -0.2) is 0 Å².